The fourth-order valence-electron chi connectivity index (χ4n) is 2.80. The summed E-state index contributed by atoms with van der Waals surface area (Å²) in [4.78, 5) is 2.50. The van der Waals surface area contributed by atoms with E-state index < -0.39 is 0 Å². The highest BCUT2D eigenvalue weighted by atomic mass is 79.9. The van der Waals surface area contributed by atoms with Gasteiger partial charge in [-0.1, -0.05) is 0 Å². The van der Waals surface area contributed by atoms with Crippen molar-refractivity contribution >= 4 is 15.9 Å². The third-order valence-corrected chi connectivity index (χ3v) is 5.09. The second kappa shape index (κ2) is 8.27. The van der Waals surface area contributed by atoms with Crippen LogP contribution in [0.15, 0.2) is 4.47 Å². The average Bonchev–Trinajstić information content (AvgIpc) is 2.77. The van der Waals surface area contributed by atoms with Crippen molar-refractivity contribution in [1.82, 2.24) is 14.7 Å². The van der Waals surface area contributed by atoms with Crippen molar-refractivity contribution in [3.63, 3.8) is 0 Å². The Hall–Kier alpha value is -0.430. The molecule has 1 saturated heterocycles. The molecule has 0 aliphatic carbocycles. The van der Waals surface area contributed by atoms with Crippen LogP contribution in [0.3, 0.4) is 0 Å². The molecule has 1 aliphatic rings. The molecule has 1 aromatic rings. The molecule has 0 radical (unpaired) electrons. The number of ether oxygens (including phenoxy) is 1. The maximum Gasteiger partial charge on any atom is 0.0739 e. The minimum Gasteiger partial charge on any atom is -0.378 e. The highest BCUT2D eigenvalue weighted by Gasteiger charge is 2.22. The van der Waals surface area contributed by atoms with Crippen molar-refractivity contribution in [3.8, 4) is 0 Å². The summed E-state index contributed by atoms with van der Waals surface area (Å²) >= 11 is 3.68. The number of piperidine rings is 1. The Morgan fingerprint density at radius 1 is 1.38 bits per heavy atom. The maximum atomic E-state index is 5.86. The Bertz CT molecular complexity index is 441. The summed E-state index contributed by atoms with van der Waals surface area (Å²) in [5, 5.41) is 4.57. The summed E-state index contributed by atoms with van der Waals surface area (Å²) < 4.78 is 9.12. The van der Waals surface area contributed by atoms with Gasteiger partial charge in [-0.05, 0) is 55.6 Å². The van der Waals surface area contributed by atoms with Gasteiger partial charge >= 0.3 is 0 Å². The molecular weight excluding hydrogens is 332 g/mol. The lowest BCUT2D eigenvalue weighted by molar-refractivity contribution is 0.00513. The molecular formula is C15H27BrN4O. The molecule has 2 N–H and O–H groups in total. The number of rotatable bonds is 7. The van der Waals surface area contributed by atoms with E-state index in [4.69, 9.17) is 10.5 Å². The van der Waals surface area contributed by atoms with Crippen LogP contribution in [0.1, 0.15) is 37.6 Å². The van der Waals surface area contributed by atoms with Crippen LogP contribution in [0.5, 0.6) is 0 Å². The van der Waals surface area contributed by atoms with Crippen molar-refractivity contribution < 1.29 is 4.74 Å². The SMILES string of the molecule is CCn1nc(C)c(Br)c1CN1CCC(OCCCN)CC1. The van der Waals surface area contributed by atoms with Gasteiger partial charge in [0.05, 0.1) is 22.0 Å². The van der Waals surface area contributed by atoms with Gasteiger partial charge < -0.3 is 10.5 Å². The van der Waals surface area contributed by atoms with E-state index in [9.17, 15) is 0 Å². The molecule has 5 nitrogen and oxygen atoms in total. The van der Waals surface area contributed by atoms with Gasteiger partial charge in [0.15, 0.2) is 0 Å². The number of nitrogens with zero attached hydrogens (tertiary/aromatic N) is 3. The molecule has 1 aliphatic heterocycles. The van der Waals surface area contributed by atoms with Gasteiger partial charge in [0.25, 0.3) is 0 Å². The molecule has 0 amide bonds. The highest BCUT2D eigenvalue weighted by molar-refractivity contribution is 9.10. The van der Waals surface area contributed by atoms with Gasteiger partial charge in [-0.25, -0.2) is 0 Å². The number of hydrogen-bond acceptors (Lipinski definition) is 4. The minimum atomic E-state index is 0.411. The molecule has 0 spiro atoms. The largest absolute Gasteiger partial charge is 0.378 e. The van der Waals surface area contributed by atoms with Crippen LogP contribution < -0.4 is 5.73 Å². The number of nitrogens with two attached hydrogens (primary N) is 1. The van der Waals surface area contributed by atoms with Gasteiger partial charge in [0.1, 0.15) is 0 Å². The van der Waals surface area contributed by atoms with Gasteiger partial charge in [-0.3, -0.25) is 9.58 Å². The van der Waals surface area contributed by atoms with Gasteiger partial charge in [-0.2, -0.15) is 5.10 Å². The van der Waals surface area contributed by atoms with Crippen LogP contribution in [0.25, 0.3) is 0 Å². The van der Waals surface area contributed by atoms with Crippen LogP contribution >= 0.6 is 15.9 Å². The van der Waals surface area contributed by atoms with Crippen LogP contribution in [0.4, 0.5) is 0 Å². The summed E-state index contributed by atoms with van der Waals surface area (Å²) in [5.41, 5.74) is 7.86. The van der Waals surface area contributed by atoms with E-state index in [0.29, 0.717) is 12.6 Å². The molecule has 120 valence electrons. The van der Waals surface area contributed by atoms with Crippen molar-refractivity contribution in [3.05, 3.63) is 15.9 Å². The van der Waals surface area contributed by atoms with Crippen LogP contribution in [0, 0.1) is 6.92 Å². The van der Waals surface area contributed by atoms with Gasteiger partial charge in [0, 0.05) is 32.8 Å². The minimum absolute atomic E-state index is 0.411. The second-order valence-electron chi connectivity index (χ2n) is 5.65. The summed E-state index contributed by atoms with van der Waals surface area (Å²) in [6, 6.07) is 0. The monoisotopic (exact) mass is 358 g/mol. The predicted molar refractivity (Wildman–Crippen MR) is 88.3 cm³/mol. The molecule has 0 saturated carbocycles. The number of hydrogen-bond donors (Lipinski definition) is 1. The molecule has 21 heavy (non-hydrogen) atoms. The Morgan fingerprint density at radius 3 is 2.71 bits per heavy atom. The normalized spacial score (nSPS) is 17.5. The third-order valence-electron chi connectivity index (χ3n) is 4.06. The topological polar surface area (TPSA) is 56.3 Å². The zero-order chi connectivity index (χ0) is 15.2. The lowest BCUT2D eigenvalue weighted by Gasteiger charge is -2.32. The standard InChI is InChI=1S/C15H27BrN4O/c1-3-20-14(15(16)12(2)18-20)11-19-8-5-13(6-9-19)21-10-4-7-17/h13H,3-11,17H2,1-2H3. The molecule has 1 aromatic heterocycles. The average molecular weight is 359 g/mol. The fourth-order valence-corrected chi connectivity index (χ4v) is 3.21. The predicted octanol–water partition coefficient (Wildman–Crippen LogP) is 2.30. The van der Waals surface area contributed by atoms with E-state index in [0.717, 1.165) is 62.2 Å². The molecule has 2 heterocycles. The Morgan fingerprint density at radius 2 is 2.10 bits per heavy atom. The first-order chi connectivity index (χ1) is 10.2. The van der Waals surface area contributed by atoms with E-state index in [2.05, 4.69) is 44.5 Å². The Kier molecular flexibility index (Phi) is 6.67. The van der Waals surface area contributed by atoms with Gasteiger partial charge in [-0.15, -0.1) is 0 Å². The first-order valence-electron chi connectivity index (χ1n) is 7.91. The van der Waals surface area contributed by atoms with E-state index in [1.165, 1.54) is 5.69 Å². The molecule has 1 fully saturated rings. The quantitative estimate of drug-likeness (QED) is 0.759. The first kappa shape index (κ1) is 16.9. The van der Waals surface area contributed by atoms with Crippen LogP contribution in [0.2, 0.25) is 0 Å². The molecule has 0 atom stereocenters. The van der Waals surface area contributed by atoms with E-state index in [1.54, 1.807) is 0 Å². The van der Waals surface area contributed by atoms with E-state index in [-0.39, 0.29) is 0 Å². The summed E-state index contributed by atoms with van der Waals surface area (Å²) in [5.74, 6) is 0. The zero-order valence-corrected chi connectivity index (χ0v) is 14.7. The lowest BCUT2D eigenvalue weighted by atomic mass is 10.1. The number of likely N-dealkylation sites (tertiary alicyclic amines) is 1. The van der Waals surface area contributed by atoms with Crippen molar-refractivity contribution in [1.29, 1.82) is 0 Å². The second-order valence-corrected chi connectivity index (χ2v) is 6.44. The van der Waals surface area contributed by atoms with Crippen molar-refractivity contribution in [2.75, 3.05) is 26.2 Å². The molecule has 0 bridgehead atoms. The summed E-state index contributed by atoms with van der Waals surface area (Å²) in [7, 11) is 0. The smallest absolute Gasteiger partial charge is 0.0739 e. The van der Waals surface area contributed by atoms with Crippen molar-refractivity contribution in [2.24, 2.45) is 5.73 Å². The number of halogens is 1. The number of aromatic nitrogens is 2. The van der Waals surface area contributed by atoms with Crippen molar-refractivity contribution in [2.45, 2.75) is 52.3 Å². The Balaban J connectivity index is 1.83. The molecule has 0 unspecified atom stereocenters. The summed E-state index contributed by atoms with van der Waals surface area (Å²) in [6.07, 6.45) is 3.60. The zero-order valence-electron chi connectivity index (χ0n) is 13.1. The number of aryl methyl sites for hydroxylation is 2. The summed E-state index contributed by atoms with van der Waals surface area (Å²) in [6.45, 7) is 9.77. The lowest BCUT2D eigenvalue weighted by Crippen LogP contribution is -2.37. The first-order valence-corrected chi connectivity index (χ1v) is 8.70. The molecule has 6 heteroatoms. The maximum absolute atomic E-state index is 5.86. The highest BCUT2D eigenvalue weighted by Crippen LogP contribution is 2.24. The molecule has 2 rings (SSSR count). The van der Waals surface area contributed by atoms with E-state index >= 15 is 0 Å². The van der Waals surface area contributed by atoms with Crippen LogP contribution in [-0.2, 0) is 17.8 Å². The van der Waals surface area contributed by atoms with Gasteiger partial charge in [0.2, 0.25) is 0 Å². The Labute approximate surface area is 135 Å². The third kappa shape index (κ3) is 4.52. The van der Waals surface area contributed by atoms with Crippen LogP contribution in [-0.4, -0.2) is 47.0 Å². The van der Waals surface area contributed by atoms with E-state index in [1.807, 2.05) is 0 Å². The fraction of sp³-hybridized carbons (Fsp3) is 0.800. The molecule has 0 aromatic carbocycles.